The largest absolute Gasteiger partial charge is 0.449 e. The topological polar surface area (TPSA) is 81.4 Å². The number of nitrogens with one attached hydrogen (secondary N) is 1. The van der Waals surface area contributed by atoms with Crippen molar-refractivity contribution in [2.75, 3.05) is 6.61 Å². The fraction of sp³-hybridized carbons (Fsp3) is 0.154. The van der Waals surface area contributed by atoms with Gasteiger partial charge in [0.25, 0.3) is 0 Å². The number of aryl methyl sites for hydroxylation is 1. The number of benzene rings is 3. The van der Waals surface area contributed by atoms with Crippen molar-refractivity contribution in [2.45, 2.75) is 19.5 Å². The van der Waals surface area contributed by atoms with E-state index >= 15 is 0 Å². The number of amides is 1. The maximum atomic E-state index is 12.7. The molecule has 7 heteroatoms. The molecule has 0 radical (unpaired) electrons. The van der Waals surface area contributed by atoms with Crippen molar-refractivity contribution in [2.24, 2.45) is 4.99 Å². The van der Waals surface area contributed by atoms with Crippen LogP contribution in [0.2, 0.25) is 0 Å². The zero-order chi connectivity index (χ0) is 22.6. The summed E-state index contributed by atoms with van der Waals surface area (Å²) < 4.78 is 7.39. The molecule has 0 saturated heterocycles. The van der Waals surface area contributed by atoms with Gasteiger partial charge in [-0.1, -0.05) is 78.9 Å². The van der Waals surface area contributed by atoms with Crippen LogP contribution in [0.1, 0.15) is 34.5 Å². The third-order valence-electron chi connectivity index (χ3n) is 5.52. The van der Waals surface area contributed by atoms with Crippen molar-refractivity contribution in [3.8, 4) is 5.69 Å². The summed E-state index contributed by atoms with van der Waals surface area (Å²) in [5.41, 5.74) is 4.68. The second-order valence-electron chi connectivity index (χ2n) is 7.72. The highest BCUT2D eigenvalue weighted by molar-refractivity contribution is 6.15. The summed E-state index contributed by atoms with van der Waals surface area (Å²) in [6.07, 6.45) is -0.665. The summed E-state index contributed by atoms with van der Waals surface area (Å²) in [6.45, 7) is 2.15. The van der Waals surface area contributed by atoms with Crippen LogP contribution in [-0.2, 0) is 11.2 Å². The SMILES string of the molecule is Cc1nnc2n1-c1ccccc1C(c1ccccc1)=NC2NC(=O)OCCc1ccccc1. The molecule has 1 N–H and O–H groups in total. The quantitative estimate of drug-likeness (QED) is 0.502. The summed E-state index contributed by atoms with van der Waals surface area (Å²) in [5.74, 6) is 1.25. The fourth-order valence-corrected chi connectivity index (χ4v) is 3.96. The smallest absolute Gasteiger partial charge is 0.409 e. The van der Waals surface area contributed by atoms with E-state index in [-0.39, 0.29) is 6.61 Å². The van der Waals surface area contributed by atoms with Crippen molar-refractivity contribution in [1.82, 2.24) is 20.1 Å². The van der Waals surface area contributed by atoms with Gasteiger partial charge in [0.15, 0.2) is 12.0 Å². The van der Waals surface area contributed by atoms with Crippen molar-refractivity contribution in [3.05, 3.63) is 113 Å². The van der Waals surface area contributed by atoms with Gasteiger partial charge in [-0.15, -0.1) is 10.2 Å². The van der Waals surface area contributed by atoms with E-state index < -0.39 is 12.3 Å². The predicted octanol–water partition coefficient (Wildman–Crippen LogP) is 4.39. The Kier molecular flexibility index (Phi) is 5.68. The highest BCUT2D eigenvalue weighted by Gasteiger charge is 2.29. The number of para-hydroxylation sites is 1. The van der Waals surface area contributed by atoms with Gasteiger partial charge in [-0.3, -0.25) is 14.9 Å². The van der Waals surface area contributed by atoms with E-state index in [0.29, 0.717) is 18.1 Å². The second kappa shape index (κ2) is 9.08. The molecule has 4 aromatic rings. The normalized spacial score (nSPS) is 14.5. The van der Waals surface area contributed by atoms with E-state index in [1.165, 1.54) is 0 Å². The molecule has 0 bridgehead atoms. The maximum Gasteiger partial charge on any atom is 0.409 e. The van der Waals surface area contributed by atoms with Crippen LogP contribution in [-0.4, -0.2) is 33.2 Å². The molecule has 2 heterocycles. The number of nitrogens with zero attached hydrogens (tertiary/aromatic N) is 4. The van der Waals surface area contributed by atoms with Gasteiger partial charge in [0.2, 0.25) is 0 Å². The van der Waals surface area contributed by atoms with E-state index in [1.807, 2.05) is 96.4 Å². The zero-order valence-corrected chi connectivity index (χ0v) is 18.2. The number of aromatic nitrogens is 3. The van der Waals surface area contributed by atoms with Crippen molar-refractivity contribution in [1.29, 1.82) is 0 Å². The van der Waals surface area contributed by atoms with E-state index in [4.69, 9.17) is 9.73 Å². The first kappa shape index (κ1) is 20.6. The number of hydrogen-bond acceptors (Lipinski definition) is 5. The number of carbonyl (C=O) groups is 1. The van der Waals surface area contributed by atoms with E-state index in [1.54, 1.807) is 0 Å². The summed E-state index contributed by atoms with van der Waals surface area (Å²) >= 11 is 0. The first-order valence-corrected chi connectivity index (χ1v) is 10.8. The Morgan fingerprint density at radius 1 is 0.939 bits per heavy atom. The van der Waals surface area contributed by atoms with Gasteiger partial charge in [0, 0.05) is 17.5 Å². The first-order chi connectivity index (χ1) is 16.2. The van der Waals surface area contributed by atoms with Crippen LogP contribution in [0, 0.1) is 6.92 Å². The average molecular weight is 438 g/mol. The molecule has 0 aliphatic carbocycles. The van der Waals surface area contributed by atoms with Crippen molar-refractivity contribution >= 4 is 11.8 Å². The minimum atomic E-state index is -0.752. The van der Waals surface area contributed by atoms with E-state index in [9.17, 15) is 4.79 Å². The third-order valence-corrected chi connectivity index (χ3v) is 5.52. The molecule has 0 fully saturated rings. The molecule has 3 aromatic carbocycles. The van der Waals surface area contributed by atoms with Gasteiger partial charge in [-0.05, 0) is 18.6 Å². The van der Waals surface area contributed by atoms with E-state index in [2.05, 4.69) is 15.5 Å². The first-order valence-electron chi connectivity index (χ1n) is 10.8. The minimum Gasteiger partial charge on any atom is -0.449 e. The number of carbonyl (C=O) groups excluding carboxylic acids is 1. The van der Waals surface area contributed by atoms with Gasteiger partial charge in [0.1, 0.15) is 5.82 Å². The molecule has 5 rings (SSSR count). The Morgan fingerprint density at radius 3 is 2.42 bits per heavy atom. The fourth-order valence-electron chi connectivity index (χ4n) is 3.96. The minimum absolute atomic E-state index is 0.268. The number of rotatable bonds is 5. The molecule has 1 aromatic heterocycles. The van der Waals surface area contributed by atoms with Gasteiger partial charge < -0.3 is 4.74 Å². The molecule has 33 heavy (non-hydrogen) atoms. The van der Waals surface area contributed by atoms with Crippen LogP contribution >= 0.6 is 0 Å². The van der Waals surface area contributed by atoms with E-state index in [0.717, 1.165) is 28.1 Å². The number of fused-ring (bicyclic) bond motifs is 3. The molecular formula is C26H23N5O2. The van der Waals surface area contributed by atoms with Gasteiger partial charge >= 0.3 is 6.09 Å². The Morgan fingerprint density at radius 2 is 1.64 bits per heavy atom. The monoisotopic (exact) mass is 437 g/mol. The lowest BCUT2D eigenvalue weighted by Crippen LogP contribution is -2.30. The standard InChI is InChI=1S/C26H23N5O2/c1-18-29-30-25-24(28-26(32)33-17-16-19-10-4-2-5-11-19)27-23(20-12-6-3-7-13-20)21-14-8-9-15-22(21)31(18)25/h2-15,24H,16-17H2,1H3,(H,28,32). The Balaban J connectivity index is 1.46. The highest BCUT2D eigenvalue weighted by atomic mass is 16.5. The summed E-state index contributed by atoms with van der Waals surface area (Å²) in [6, 6.07) is 27.8. The molecule has 0 saturated carbocycles. The Hall–Kier alpha value is -4.26. The molecule has 1 aliphatic heterocycles. The summed E-state index contributed by atoms with van der Waals surface area (Å²) in [4.78, 5) is 17.6. The molecule has 1 amide bonds. The molecule has 7 nitrogen and oxygen atoms in total. The molecule has 0 spiro atoms. The Bertz CT molecular complexity index is 1300. The molecule has 164 valence electrons. The second-order valence-corrected chi connectivity index (χ2v) is 7.72. The zero-order valence-electron chi connectivity index (χ0n) is 18.2. The Labute approximate surface area is 191 Å². The molecule has 1 atom stereocenters. The van der Waals surface area contributed by atoms with Crippen LogP contribution in [0.4, 0.5) is 4.79 Å². The lowest BCUT2D eigenvalue weighted by Gasteiger charge is -2.14. The summed E-state index contributed by atoms with van der Waals surface area (Å²) in [5, 5.41) is 11.5. The van der Waals surface area contributed by atoms with Gasteiger partial charge in [0.05, 0.1) is 18.0 Å². The number of hydrogen-bond donors (Lipinski definition) is 1. The van der Waals surface area contributed by atoms with Crippen molar-refractivity contribution < 1.29 is 9.53 Å². The summed E-state index contributed by atoms with van der Waals surface area (Å²) in [7, 11) is 0. The average Bonchev–Trinajstić information content (AvgIpc) is 3.17. The lowest BCUT2D eigenvalue weighted by molar-refractivity contribution is 0.143. The van der Waals surface area contributed by atoms with Crippen LogP contribution < -0.4 is 5.32 Å². The number of ether oxygens (including phenoxy) is 1. The lowest BCUT2D eigenvalue weighted by atomic mass is 10.0. The van der Waals surface area contributed by atoms with Crippen LogP contribution in [0.5, 0.6) is 0 Å². The van der Waals surface area contributed by atoms with Gasteiger partial charge in [-0.2, -0.15) is 0 Å². The predicted molar refractivity (Wildman–Crippen MR) is 126 cm³/mol. The van der Waals surface area contributed by atoms with Crippen molar-refractivity contribution in [3.63, 3.8) is 0 Å². The van der Waals surface area contributed by atoms with Crippen LogP contribution in [0.15, 0.2) is 89.9 Å². The maximum absolute atomic E-state index is 12.7. The molecular weight excluding hydrogens is 414 g/mol. The molecule has 1 aliphatic rings. The van der Waals surface area contributed by atoms with Crippen LogP contribution in [0.3, 0.4) is 0 Å². The number of aliphatic imine (C=N–C) groups is 1. The highest BCUT2D eigenvalue weighted by Crippen LogP contribution is 2.29. The number of alkyl carbamates (subject to hydrolysis) is 1. The van der Waals surface area contributed by atoms with Crippen LogP contribution in [0.25, 0.3) is 5.69 Å². The third kappa shape index (κ3) is 4.25. The molecule has 1 unspecified atom stereocenters. The van der Waals surface area contributed by atoms with Gasteiger partial charge in [-0.25, -0.2) is 4.79 Å².